The molecule has 2 saturated heterocycles. The highest BCUT2D eigenvalue weighted by Gasteiger charge is 2.46. The molecule has 2 aliphatic rings. The van der Waals surface area contributed by atoms with E-state index in [1.165, 1.54) is 0 Å². The third-order valence-corrected chi connectivity index (χ3v) is 4.96. The molecule has 0 bridgehead atoms. The van der Waals surface area contributed by atoms with Gasteiger partial charge in [0.25, 0.3) is 0 Å². The smallest absolute Gasteiger partial charge is 0.241 e. The number of nitrogens with one attached hydrogen (secondary N) is 1. The Balaban J connectivity index is 2.16. The molecule has 116 valence electrons. The number of carbonyl (C=O) groups excluding carboxylic acids is 1. The quantitative estimate of drug-likeness (QED) is 0.842. The topological polar surface area (TPSA) is 41.6 Å². The van der Waals surface area contributed by atoms with Crippen molar-refractivity contribution in [1.82, 2.24) is 10.2 Å². The third kappa shape index (κ3) is 2.86. The Morgan fingerprint density at radius 1 is 1.35 bits per heavy atom. The van der Waals surface area contributed by atoms with E-state index in [1.54, 1.807) is 0 Å². The summed E-state index contributed by atoms with van der Waals surface area (Å²) in [5, 5.41) is 3.57. The SMILES string of the molecule is CCC(C)C1NC(C(C)C)N(C(C)C2CCCO2)C1=O. The van der Waals surface area contributed by atoms with Crippen LogP contribution in [0.25, 0.3) is 0 Å². The van der Waals surface area contributed by atoms with E-state index in [1.807, 2.05) is 0 Å². The van der Waals surface area contributed by atoms with Crippen LogP contribution in [0, 0.1) is 11.8 Å². The van der Waals surface area contributed by atoms with Gasteiger partial charge in [-0.3, -0.25) is 10.1 Å². The first kappa shape index (κ1) is 15.8. The van der Waals surface area contributed by atoms with Gasteiger partial charge in [-0.25, -0.2) is 0 Å². The lowest BCUT2D eigenvalue weighted by Gasteiger charge is -2.35. The largest absolute Gasteiger partial charge is 0.376 e. The number of ether oxygens (including phenoxy) is 1. The summed E-state index contributed by atoms with van der Waals surface area (Å²) in [5.74, 6) is 1.06. The lowest BCUT2D eigenvalue weighted by atomic mass is 9.99. The Kier molecular flexibility index (Phi) is 5.08. The van der Waals surface area contributed by atoms with E-state index < -0.39 is 0 Å². The highest BCUT2D eigenvalue weighted by Crippen LogP contribution is 2.29. The molecule has 1 amide bonds. The van der Waals surface area contributed by atoms with Crippen molar-refractivity contribution in [3.05, 3.63) is 0 Å². The molecule has 0 aliphatic carbocycles. The number of amides is 1. The van der Waals surface area contributed by atoms with Gasteiger partial charge in [-0.2, -0.15) is 0 Å². The van der Waals surface area contributed by atoms with Crippen LogP contribution in [-0.4, -0.2) is 41.8 Å². The first-order valence-electron chi connectivity index (χ1n) is 8.17. The van der Waals surface area contributed by atoms with E-state index in [-0.39, 0.29) is 30.3 Å². The number of nitrogens with zero attached hydrogens (tertiary/aromatic N) is 1. The molecule has 0 aromatic carbocycles. The molecular weight excluding hydrogens is 252 g/mol. The van der Waals surface area contributed by atoms with Crippen LogP contribution in [0.4, 0.5) is 0 Å². The monoisotopic (exact) mass is 282 g/mol. The molecule has 20 heavy (non-hydrogen) atoms. The second-order valence-corrected chi connectivity index (χ2v) is 6.76. The molecule has 4 nitrogen and oxygen atoms in total. The van der Waals surface area contributed by atoms with Gasteiger partial charge >= 0.3 is 0 Å². The van der Waals surface area contributed by atoms with Gasteiger partial charge in [0.15, 0.2) is 0 Å². The molecule has 2 heterocycles. The van der Waals surface area contributed by atoms with E-state index in [2.05, 4.69) is 44.8 Å². The molecule has 2 rings (SSSR count). The molecule has 0 spiro atoms. The van der Waals surface area contributed by atoms with Gasteiger partial charge in [-0.15, -0.1) is 0 Å². The molecule has 2 aliphatic heterocycles. The lowest BCUT2D eigenvalue weighted by molar-refractivity contribution is -0.136. The molecule has 1 N–H and O–H groups in total. The number of carbonyl (C=O) groups is 1. The van der Waals surface area contributed by atoms with Crippen LogP contribution in [-0.2, 0) is 9.53 Å². The maximum Gasteiger partial charge on any atom is 0.241 e. The Morgan fingerprint density at radius 3 is 2.55 bits per heavy atom. The summed E-state index contributed by atoms with van der Waals surface area (Å²) in [5.41, 5.74) is 0. The molecule has 0 saturated carbocycles. The highest BCUT2D eigenvalue weighted by molar-refractivity contribution is 5.85. The normalized spacial score (nSPS) is 34.0. The molecule has 5 atom stereocenters. The fraction of sp³-hybridized carbons (Fsp3) is 0.938. The zero-order chi connectivity index (χ0) is 14.9. The molecule has 0 radical (unpaired) electrons. The minimum atomic E-state index is -0.0312. The minimum absolute atomic E-state index is 0.0312. The Labute approximate surface area is 123 Å². The molecule has 4 heteroatoms. The summed E-state index contributed by atoms with van der Waals surface area (Å²) in [6, 6.07) is 0.134. The fourth-order valence-corrected chi connectivity index (χ4v) is 3.41. The van der Waals surface area contributed by atoms with Crippen molar-refractivity contribution in [2.75, 3.05) is 6.61 Å². The van der Waals surface area contributed by atoms with Gasteiger partial charge in [0.2, 0.25) is 5.91 Å². The van der Waals surface area contributed by atoms with Crippen molar-refractivity contribution >= 4 is 5.91 Å². The predicted octanol–water partition coefficient (Wildman–Crippen LogP) is 2.38. The van der Waals surface area contributed by atoms with E-state index in [4.69, 9.17) is 4.74 Å². The first-order valence-corrected chi connectivity index (χ1v) is 8.17. The lowest BCUT2D eigenvalue weighted by Crippen LogP contribution is -2.50. The highest BCUT2D eigenvalue weighted by atomic mass is 16.5. The summed E-state index contributed by atoms with van der Waals surface area (Å²) < 4.78 is 5.80. The third-order valence-electron chi connectivity index (χ3n) is 4.96. The molecule has 2 fully saturated rings. The van der Waals surface area contributed by atoms with E-state index >= 15 is 0 Å². The van der Waals surface area contributed by atoms with Gasteiger partial charge < -0.3 is 9.64 Å². The second kappa shape index (κ2) is 6.44. The van der Waals surface area contributed by atoms with Gasteiger partial charge in [-0.05, 0) is 31.6 Å². The van der Waals surface area contributed by atoms with Gasteiger partial charge in [0.1, 0.15) is 0 Å². The van der Waals surface area contributed by atoms with Gasteiger partial charge in [0.05, 0.1) is 24.4 Å². The Hall–Kier alpha value is -0.610. The van der Waals surface area contributed by atoms with Crippen molar-refractivity contribution in [3.8, 4) is 0 Å². The van der Waals surface area contributed by atoms with Crippen LogP contribution in [0.15, 0.2) is 0 Å². The van der Waals surface area contributed by atoms with Gasteiger partial charge in [0, 0.05) is 6.61 Å². The number of rotatable bonds is 5. The van der Waals surface area contributed by atoms with Crippen molar-refractivity contribution in [1.29, 1.82) is 0 Å². The average Bonchev–Trinajstić information content (AvgIpc) is 3.04. The fourth-order valence-electron chi connectivity index (χ4n) is 3.41. The van der Waals surface area contributed by atoms with Crippen LogP contribution >= 0.6 is 0 Å². The molecular formula is C16H30N2O2. The molecule has 0 aromatic rings. The zero-order valence-corrected chi connectivity index (χ0v) is 13.6. The second-order valence-electron chi connectivity index (χ2n) is 6.76. The number of hydrogen-bond donors (Lipinski definition) is 1. The van der Waals surface area contributed by atoms with Crippen LogP contribution < -0.4 is 5.32 Å². The van der Waals surface area contributed by atoms with E-state index in [9.17, 15) is 4.79 Å². The standard InChI is InChI=1S/C16H30N2O2/c1-6-11(4)14-16(19)18(15(17-14)10(2)3)12(5)13-8-7-9-20-13/h10-15,17H,6-9H2,1-5H3. The van der Waals surface area contributed by atoms with Crippen molar-refractivity contribution < 1.29 is 9.53 Å². The predicted molar refractivity (Wildman–Crippen MR) is 80.3 cm³/mol. The summed E-state index contributed by atoms with van der Waals surface area (Å²) in [6.45, 7) is 11.7. The van der Waals surface area contributed by atoms with Gasteiger partial charge in [-0.1, -0.05) is 34.1 Å². The van der Waals surface area contributed by atoms with Crippen LogP contribution in [0.2, 0.25) is 0 Å². The zero-order valence-electron chi connectivity index (χ0n) is 13.6. The van der Waals surface area contributed by atoms with Crippen molar-refractivity contribution in [3.63, 3.8) is 0 Å². The Morgan fingerprint density at radius 2 is 2.05 bits per heavy atom. The minimum Gasteiger partial charge on any atom is -0.376 e. The molecule has 0 aromatic heterocycles. The van der Waals surface area contributed by atoms with Crippen molar-refractivity contribution in [2.24, 2.45) is 11.8 Å². The molecule has 5 unspecified atom stereocenters. The van der Waals surface area contributed by atoms with Crippen LogP contribution in [0.5, 0.6) is 0 Å². The average molecular weight is 282 g/mol. The number of hydrogen-bond acceptors (Lipinski definition) is 3. The maximum atomic E-state index is 12.8. The summed E-state index contributed by atoms with van der Waals surface area (Å²) in [6.07, 6.45) is 3.56. The maximum absolute atomic E-state index is 12.8. The van der Waals surface area contributed by atoms with E-state index in [0.717, 1.165) is 25.9 Å². The van der Waals surface area contributed by atoms with Crippen LogP contribution in [0.1, 0.15) is 53.9 Å². The summed E-state index contributed by atoms with van der Waals surface area (Å²) in [7, 11) is 0. The van der Waals surface area contributed by atoms with Crippen molar-refractivity contribution in [2.45, 2.75) is 78.2 Å². The summed E-state index contributed by atoms with van der Waals surface area (Å²) in [4.78, 5) is 14.9. The first-order chi connectivity index (χ1) is 9.47. The summed E-state index contributed by atoms with van der Waals surface area (Å²) >= 11 is 0. The van der Waals surface area contributed by atoms with E-state index in [0.29, 0.717) is 11.8 Å². The Bertz CT molecular complexity index is 339. The van der Waals surface area contributed by atoms with Crippen LogP contribution in [0.3, 0.4) is 0 Å².